The molecule has 31 nitrogen and oxygen atoms in total. The first-order valence-electron chi connectivity index (χ1n) is 39.5. The number of phenols is 2. The summed E-state index contributed by atoms with van der Waals surface area (Å²) in [7, 11) is 0. The third-order valence-corrected chi connectivity index (χ3v) is 21.3. The van der Waals surface area contributed by atoms with Crippen molar-refractivity contribution in [2.75, 3.05) is 19.6 Å². The van der Waals surface area contributed by atoms with Gasteiger partial charge in [-0.1, -0.05) is 103 Å². The summed E-state index contributed by atoms with van der Waals surface area (Å²) < 4.78 is 12.3. The second kappa shape index (κ2) is 38.8. The first-order valence-corrected chi connectivity index (χ1v) is 39.5. The summed E-state index contributed by atoms with van der Waals surface area (Å²) in [4.78, 5) is 181. The number of aromatic nitrogens is 2. The number of nitrogens with two attached hydrogens (primary N) is 2. The molecular weight excluding hydrogens is 1510 g/mol. The predicted octanol–water partition coefficient (Wildman–Crippen LogP) is 4.45. The Hall–Kier alpha value is -13.4. The van der Waals surface area contributed by atoms with Gasteiger partial charge in [0.25, 0.3) is 5.91 Å². The van der Waals surface area contributed by atoms with Crippen LogP contribution >= 0.6 is 0 Å². The van der Waals surface area contributed by atoms with Gasteiger partial charge in [0.1, 0.15) is 71.3 Å². The van der Waals surface area contributed by atoms with Gasteiger partial charge >= 0.3 is 5.97 Å². The van der Waals surface area contributed by atoms with Crippen LogP contribution in [0.3, 0.4) is 0 Å². The quantitative estimate of drug-likeness (QED) is 0.0329. The zero-order valence-corrected chi connectivity index (χ0v) is 64.9. The normalized spacial score (nSPS) is 20.3. The first kappa shape index (κ1) is 84.0. The number of H-pyrrole nitrogens is 2. The van der Waals surface area contributed by atoms with Gasteiger partial charge in [0.05, 0.1) is 11.7 Å². The Morgan fingerprint density at radius 2 is 1.08 bits per heavy atom. The van der Waals surface area contributed by atoms with Crippen LogP contribution in [0.15, 0.2) is 176 Å². The highest BCUT2D eigenvalue weighted by Crippen LogP contribution is 2.58. The number of ether oxygens (including phenoxy) is 2. The average molecular weight is 1610 g/mol. The average Bonchev–Trinajstić information content (AvgIpc) is 1.50. The number of aliphatic hydroxyl groups excluding tert-OH is 1. The van der Waals surface area contributed by atoms with E-state index in [1.54, 1.807) is 79.1 Å². The summed E-state index contributed by atoms with van der Waals surface area (Å²) in [5, 5.41) is 61.7. The lowest BCUT2D eigenvalue weighted by Crippen LogP contribution is -2.62. The van der Waals surface area contributed by atoms with Crippen molar-refractivity contribution in [1.29, 1.82) is 0 Å². The molecule has 11 amide bonds. The number of esters is 1. The lowest BCUT2D eigenvalue weighted by Gasteiger charge is -2.37. The summed E-state index contributed by atoms with van der Waals surface area (Å²) in [5.41, 5.74) is 14.5. The van der Waals surface area contributed by atoms with E-state index in [2.05, 4.69) is 63.1 Å². The molecule has 9 atom stereocenters. The van der Waals surface area contributed by atoms with Gasteiger partial charge in [0.15, 0.2) is 5.60 Å². The van der Waals surface area contributed by atoms with E-state index in [4.69, 9.17) is 20.9 Å². The topological polar surface area (TPSA) is 488 Å². The molecule has 2 aromatic heterocycles. The number of aromatic hydroxyl groups is 2. The van der Waals surface area contributed by atoms with Gasteiger partial charge in [-0.05, 0) is 142 Å². The first-order chi connectivity index (χ1) is 56.9. The maximum Gasteiger partial charge on any atom is 0.340 e. The van der Waals surface area contributed by atoms with Crippen LogP contribution in [0.1, 0.15) is 137 Å². The molecular formula is C87H96N14O17. The molecule has 0 bridgehead atoms. The molecule has 1 spiro atoms. The van der Waals surface area contributed by atoms with Crippen LogP contribution in [0.5, 0.6) is 23.0 Å². The number of primary amides is 1. The molecule has 31 heteroatoms. The van der Waals surface area contributed by atoms with Crippen molar-refractivity contribution < 1.29 is 82.3 Å². The number of rotatable bonds is 22. The number of hydrogen-bond acceptors (Lipinski definition) is 18. The Balaban J connectivity index is 0.791. The zero-order valence-electron chi connectivity index (χ0n) is 64.9. The number of hydrogen-bond donors (Lipinski definition) is 17. The van der Waals surface area contributed by atoms with Gasteiger partial charge in [-0.3, -0.25) is 52.7 Å². The van der Waals surface area contributed by atoms with E-state index >= 15 is 9.59 Å². The number of phenolic OH excluding ortho intramolecular Hbond substituents is 2. The summed E-state index contributed by atoms with van der Waals surface area (Å²) in [6.07, 6.45) is 1.68. The molecule has 0 unspecified atom stereocenters. The predicted molar refractivity (Wildman–Crippen MR) is 434 cm³/mol. The van der Waals surface area contributed by atoms with Gasteiger partial charge < -0.3 is 99.4 Å². The van der Waals surface area contributed by atoms with Crippen LogP contribution in [0.2, 0.25) is 0 Å². The largest absolute Gasteiger partial charge is 0.508 e. The van der Waals surface area contributed by atoms with E-state index in [1.807, 2.05) is 42.5 Å². The smallest absolute Gasteiger partial charge is 0.340 e. The maximum atomic E-state index is 15.3. The Labute approximate surface area is 678 Å². The lowest BCUT2D eigenvalue weighted by molar-refractivity contribution is -0.137. The van der Waals surface area contributed by atoms with Crippen molar-refractivity contribution in [3.8, 4) is 23.0 Å². The van der Waals surface area contributed by atoms with Gasteiger partial charge in [0, 0.05) is 120 Å². The SMILES string of the molecule is C[C@@H](O)[C@@H]1NC(=O)[C@H](CCCCN)NC(=O)[C@@H](Cc2c[nH]c3ccccc23)NC(=O)[C@H](Cc2c[nH]c3ccccc23)NC(=O)[C@H](Cc2ccccc2)NC(=O)CCCNC(=O)CCC[C@@H](C(=O)NCCCC[C@H](NC(=O)c2cccc3c2C2(OC3=O)c3ccc(O)cc3Oc3cc(O)ccc32)C(N)=O)NC(=O)[C@H](Cc2ccccc2)NC1=O. The van der Waals surface area contributed by atoms with Crippen molar-refractivity contribution in [3.63, 3.8) is 0 Å². The minimum absolute atomic E-state index is 0.00357. The number of amides is 11. The molecule has 118 heavy (non-hydrogen) atoms. The van der Waals surface area contributed by atoms with Gasteiger partial charge in [-0.15, -0.1) is 0 Å². The number of fused-ring (bicyclic) bond motifs is 8. The number of carbonyl (C=O) groups excluding carboxylic acids is 12. The Kier molecular flexibility index (Phi) is 27.6. The number of aromatic amines is 2. The molecule has 5 heterocycles. The van der Waals surface area contributed by atoms with E-state index in [1.165, 1.54) is 61.5 Å². The van der Waals surface area contributed by atoms with Crippen molar-refractivity contribution in [1.82, 2.24) is 63.1 Å². The van der Waals surface area contributed by atoms with Crippen molar-refractivity contribution in [2.24, 2.45) is 11.5 Å². The van der Waals surface area contributed by atoms with E-state index in [9.17, 15) is 63.3 Å². The molecule has 19 N–H and O–H groups in total. The van der Waals surface area contributed by atoms with Crippen molar-refractivity contribution >= 4 is 92.8 Å². The van der Waals surface area contributed by atoms with E-state index < -0.39 is 131 Å². The molecule has 0 aliphatic carbocycles. The highest BCUT2D eigenvalue weighted by molar-refractivity contribution is 6.06. The highest BCUT2D eigenvalue weighted by Gasteiger charge is 2.56. The molecule has 616 valence electrons. The summed E-state index contributed by atoms with van der Waals surface area (Å²) in [5.74, 6) is -9.83. The summed E-state index contributed by atoms with van der Waals surface area (Å²) in [6.45, 7) is 1.35. The van der Waals surface area contributed by atoms with E-state index in [0.29, 0.717) is 39.6 Å². The van der Waals surface area contributed by atoms with Crippen molar-refractivity contribution in [2.45, 2.75) is 163 Å². The number of unbranched alkanes of at least 4 members (excludes halogenated alkanes) is 2. The van der Waals surface area contributed by atoms with E-state index in [-0.39, 0.29) is 160 Å². The van der Waals surface area contributed by atoms with Gasteiger partial charge in [-0.2, -0.15) is 0 Å². The zero-order chi connectivity index (χ0) is 83.6. The third-order valence-electron chi connectivity index (χ3n) is 21.3. The number of nitrogens with one attached hydrogen (secondary N) is 12. The number of aliphatic hydroxyl groups is 1. The standard InChI is InChI=1S/C87H96N14O17/c1-49(102)76-85(115)100-68(42-51-21-6-3-7-22-51)82(112)96-65(79(109)91-39-15-13-29-64(77(89)107)95-78(108)58-25-16-26-59-75(58)87(118-86(59)116)60-36-34-54(103)45-71(60)117-72-46-55(104)35-37-61(72)87)31-17-32-73(105)90-40-18-33-74(106)94-67(41-50-19-4-2-5-20-50)81(111)98-70(44-53-48-93-63-28-11-9-24-57(53)63)84(114)99-69(43-52-47-92-62-27-10-8-23-56(52)62)83(113)97-66(80(110)101-76)30-12-14-38-88/h2-11,16,19-28,34-37,45-49,64-70,76,92-93,102-104H,12-15,17-18,29-33,38-44,88H2,1H3,(H2,89,107)(H,90,105)(H,91,109)(H,94,106)(H,95,108)(H,96,112)(H,97,113)(H,98,111)(H,99,114)(H,100,115)(H,101,110)/t49-,64+,65+,66+,67+,68+,69-,70+,76+/m1/s1. The molecule has 0 saturated carbocycles. The van der Waals surface area contributed by atoms with Crippen LogP contribution in [0.4, 0.5) is 0 Å². The summed E-state index contributed by atoms with van der Waals surface area (Å²) >= 11 is 0. The molecule has 1 saturated heterocycles. The van der Waals surface area contributed by atoms with Gasteiger partial charge in [0.2, 0.25) is 59.1 Å². The minimum atomic E-state index is -1.84. The lowest BCUT2D eigenvalue weighted by atomic mass is 9.75. The molecule has 3 aliphatic rings. The number of benzene rings is 7. The highest BCUT2D eigenvalue weighted by atomic mass is 16.6. The van der Waals surface area contributed by atoms with Gasteiger partial charge in [-0.25, -0.2) is 4.79 Å². The molecule has 7 aromatic carbocycles. The molecule has 12 rings (SSSR count). The van der Waals surface area contributed by atoms with E-state index in [0.717, 1.165) is 10.9 Å². The third kappa shape index (κ3) is 20.4. The number of carbonyl (C=O) groups is 12. The molecule has 1 fully saturated rings. The molecule has 9 aromatic rings. The Bertz CT molecular complexity index is 5150. The van der Waals surface area contributed by atoms with Crippen LogP contribution in [-0.2, 0) is 84.0 Å². The van der Waals surface area contributed by atoms with Crippen LogP contribution in [0.25, 0.3) is 21.8 Å². The van der Waals surface area contributed by atoms with Crippen LogP contribution in [0, 0.1) is 0 Å². The van der Waals surface area contributed by atoms with Crippen LogP contribution in [-0.4, -0.2) is 170 Å². The molecule has 3 aliphatic heterocycles. The number of para-hydroxylation sites is 2. The molecule has 0 radical (unpaired) electrons. The fourth-order valence-electron chi connectivity index (χ4n) is 15.2. The fraction of sp³-hybridized carbons (Fsp3) is 0.333. The Morgan fingerprint density at radius 1 is 0.551 bits per heavy atom. The fourth-order valence-corrected chi connectivity index (χ4v) is 15.2. The second-order valence-electron chi connectivity index (χ2n) is 29.8. The maximum absolute atomic E-state index is 15.3. The Morgan fingerprint density at radius 3 is 1.65 bits per heavy atom. The van der Waals surface area contributed by atoms with Crippen LogP contribution < -0.4 is 69.4 Å². The monoisotopic (exact) mass is 1610 g/mol. The minimum Gasteiger partial charge on any atom is -0.508 e. The second-order valence-corrected chi connectivity index (χ2v) is 29.8. The van der Waals surface area contributed by atoms with Crippen molar-refractivity contribution in [3.05, 3.63) is 226 Å². The summed E-state index contributed by atoms with van der Waals surface area (Å²) in [6, 6.07) is 33.0.